The second kappa shape index (κ2) is 6.42. The average Bonchev–Trinajstić information content (AvgIpc) is 3.07. The van der Waals surface area contributed by atoms with Crippen molar-refractivity contribution in [3.63, 3.8) is 0 Å². The molecule has 4 aliphatic carbocycles. The van der Waals surface area contributed by atoms with Crippen LogP contribution in [0, 0.1) is 5.41 Å². The van der Waals surface area contributed by atoms with E-state index in [0.717, 1.165) is 28.7 Å². The molecule has 1 N–H and O–H groups in total. The van der Waals surface area contributed by atoms with Gasteiger partial charge in [-0.05, 0) is 50.5 Å². The highest BCUT2D eigenvalue weighted by Crippen LogP contribution is 2.70. The van der Waals surface area contributed by atoms with E-state index in [9.17, 15) is 22.4 Å². The fraction of sp³-hybridized carbons (Fsp3) is 0.571. The number of fused-ring (bicyclic) bond motifs is 1. The Labute approximate surface area is 192 Å². The first-order valence-corrected chi connectivity index (χ1v) is 13.2. The molecule has 176 valence electrons. The topological polar surface area (TPSA) is 108 Å². The summed E-state index contributed by atoms with van der Waals surface area (Å²) in [4.78, 5) is 27.1. The van der Waals surface area contributed by atoms with E-state index in [1.165, 1.54) is 10.6 Å². The molecule has 7 rings (SSSR count). The maximum Gasteiger partial charge on any atom is 0.332 e. The van der Waals surface area contributed by atoms with Gasteiger partial charge in [-0.1, -0.05) is 0 Å². The first-order chi connectivity index (χ1) is 15.4. The van der Waals surface area contributed by atoms with Gasteiger partial charge in [-0.25, -0.2) is 22.3 Å². The van der Waals surface area contributed by atoms with Gasteiger partial charge in [0.25, 0.3) is 15.6 Å². The largest absolute Gasteiger partial charge is 0.332 e. The molecule has 0 atom stereocenters. The van der Waals surface area contributed by atoms with Gasteiger partial charge in [0.05, 0.1) is 18.1 Å². The summed E-state index contributed by atoms with van der Waals surface area (Å²) in [6.07, 6.45) is 6.00. The lowest BCUT2D eigenvalue weighted by Crippen LogP contribution is -2.66. The lowest BCUT2D eigenvalue weighted by atomic mass is 9.42. The van der Waals surface area contributed by atoms with Gasteiger partial charge in [0.1, 0.15) is 14.7 Å². The third-order valence-electron chi connectivity index (χ3n) is 7.19. The number of aryl methyl sites for hydroxylation is 1. The lowest BCUT2D eigenvalue weighted by molar-refractivity contribution is -0.220. The minimum Gasteiger partial charge on any atom is -0.284 e. The lowest BCUT2D eigenvalue weighted by Gasteiger charge is -2.66. The van der Waals surface area contributed by atoms with Gasteiger partial charge in [-0.2, -0.15) is 5.10 Å². The molecule has 0 amide bonds. The SMILES string of the molecule is Cn1cc(Cn2c(=O)c3cc(S(=O)(=O)NC4(C)CC4)sc3n(CC34CC(F)(C3)C4)c2=O)cn1. The standard InChI is InChI=1S/C21H24FN5O4S2/c1-19(3-4-19)24-33(30,31)15-5-14-16(28)26(8-13-6-23-25(2)7-13)18(29)27(17(14)32-15)12-20-9-21(22,10-20)11-20/h5-7,24H,3-4,8-12H2,1-2H3. The Morgan fingerprint density at radius 2 is 1.91 bits per heavy atom. The van der Waals surface area contributed by atoms with Crippen molar-refractivity contribution in [2.24, 2.45) is 12.5 Å². The highest BCUT2D eigenvalue weighted by molar-refractivity contribution is 7.91. The normalized spacial score (nSPS) is 27.4. The summed E-state index contributed by atoms with van der Waals surface area (Å²) in [5, 5.41) is 4.28. The van der Waals surface area contributed by atoms with Crippen LogP contribution in [0.25, 0.3) is 10.2 Å². The van der Waals surface area contributed by atoms with Crippen molar-refractivity contribution in [2.75, 3.05) is 0 Å². The predicted octanol–water partition coefficient (Wildman–Crippen LogP) is 1.73. The first-order valence-electron chi connectivity index (χ1n) is 10.9. The van der Waals surface area contributed by atoms with Gasteiger partial charge in [-0.3, -0.25) is 18.6 Å². The van der Waals surface area contributed by atoms with Gasteiger partial charge in [-0.15, -0.1) is 11.3 Å². The van der Waals surface area contributed by atoms with E-state index in [1.807, 2.05) is 6.92 Å². The molecule has 4 aliphatic rings. The molecule has 3 heterocycles. The number of alkyl halides is 1. The minimum absolute atomic E-state index is 0.00885. The van der Waals surface area contributed by atoms with Crippen LogP contribution >= 0.6 is 11.3 Å². The predicted molar refractivity (Wildman–Crippen MR) is 121 cm³/mol. The van der Waals surface area contributed by atoms with Crippen LogP contribution in [-0.4, -0.2) is 38.5 Å². The zero-order valence-corrected chi connectivity index (χ0v) is 19.9. The molecular formula is C21H24FN5O4S2. The van der Waals surface area contributed by atoms with E-state index in [2.05, 4.69) is 9.82 Å². The molecule has 3 aromatic rings. The van der Waals surface area contributed by atoms with E-state index in [4.69, 9.17) is 0 Å². The van der Waals surface area contributed by atoms with E-state index in [0.29, 0.717) is 29.7 Å². The highest BCUT2D eigenvalue weighted by Gasteiger charge is 2.69. The highest BCUT2D eigenvalue weighted by atomic mass is 32.2. The number of nitrogens with zero attached hydrogens (tertiary/aromatic N) is 4. The van der Waals surface area contributed by atoms with Gasteiger partial charge in [0.2, 0.25) is 0 Å². The zero-order chi connectivity index (χ0) is 23.4. The molecule has 2 bridgehead atoms. The van der Waals surface area contributed by atoms with Crippen LogP contribution in [0.3, 0.4) is 0 Å². The second-order valence-corrected chi connectivity index (χ2v) is 13.4. The van der Waals surface area contributed by atoms with Crippen LogP contribution in [0.4, 0.5) is 4.39 Å². The van der Waals surface area contributed by atoms with Crippen molar-refractivity contribution in [2.45, 2.75) is 67.5 Å². The Hall–Kier alpha value is -2.31. The average molecular weight is 494 g/mol. The van der Waals surface area contributed by atoms with Crippen molar-refractivity contribution in [3.8, 4) is 0 Å². The maximum absolute atomic E-state index is 14.2. The quantitative estimate of drug-likeness (QED) is 0.539. The van der Waals surface area contributed by atoms with Crippen molar-refractivity contribution < 1.29 is 12.8 Å². The monoisotopic (exact) mass is 493 g/mol. The fourth-order valence-corrected chi connectivity index (χ4v) is 8.26. The van der Waals surface area contributed by atoms with Gasteiger partial charge in [0, 0.05) is 30.9 Å². The summed E-state index contributed by atoms with van der Waals surface area (Å²) in [5.41, 5.74) is -2.25. The molecular weight excluding hydrogens is 469 g/mol. The zero-order valence-electron chi connectivity index (χ0n) is 18.3. The number of halogens is 1. The smallest absolute Gasteiger partial charge is 0.284 e. The number of thiophene rings is 1. The van der Waals surface area contributed by atoms with Crippen LogP contribution in [0.1, 0.15) is 44.6 Å². The number of hydrogen-bond acceptors (Lipinski definition) is 6. The third kappa shape index (κ3) is 3.33. The maximum atomic E-state index is 14.2. The van der Waals surface area contributed by atoms with Crippen LogP contribution in [0.2, 0.25) is 0 Å². The number of nitrogens with one attached hydrogen (secondary N) is 1. The van der Waals surface area contributed by atoms with Gasteiger partial charge >= 0.3 is 5.69 Å². The Balaban J connectivity index is 1.49. The van der Waals surface area contributed by atoms with E-state index in [1.54, 1.807) is 24.1 Å². The molecule has 0 spiro atoms. The van der Waals surface area contributed by atoms with Crippen molar-refractivity contribution in [3.05, 3.63) is 44.9 Å². The molecule has 33 heavy (non-hydrogen) atoms. The van der Waals surface area contributed by atoms with Crippen molar-refractivity contribution in [1.82, 2.24) is 23.6 Å². The fourth-order valence-electron chi connectivity index (χ4n) is 5.35. The van der Waals surface area contributed by atoms with Crippen molar-refractivity contribution >= 4 is 31.6 Å². The molecule has 3 aromatic heterocycles. The molecule has 12 heteroatoms. The second-order valence-electron chi connectivity index (χ2n) is 10.4. The summed E-state index contributed by atoms with van der Waals surface area (Å²) >= 11 is 0.927. The molecule has 0 radical (unpaired) electrons. The van der Waals surface area contributed by atoms with Gasteiger partial charge in [0.15, 0.2) is 0 Å². The molecule has 4 saturated carbocycles. The van der Waals surface area contributed by atoms with Crippen LogP contribution in [-0.2, 0) is 30.2 Å². The Bertz CT molecular complexity index is 1520. The summed E-state index contributed by atoms with van der Waals surface area (Å²) < 4.78 is 47.0. The van der Waals surface area contributed by atoms with Crippen molar-refractivity contribution in [1.29, 1.82) is 0 Å². The van der Waals surface area contributed by atoms with Crippen LogP contribution < -0.4 is 16.0 Å². The molecule has 0 aromatic carbocycles. The van der Waals surface area contributed by atoms with E-state index in [-0.39, 0.29) is 28.1 Å². The van der Waals surface area contributed by atoms with E-state index >= 15 is 0 Å². The number of sulfonamides is 1. The van der Waals surface area contributed by atoms with Gasteiger partial charge < -0.3 is 0 Å². The Morgan fingerprint density at radius 3 is 2.48 bits per heavy atom. The first kappa shape index (κ1) is 21.2. The Kier molecular flexibility index (Phi) is 4.13. The number of rotatable bonds is 7. The number of hydrogen-bond donors (Lipinski definition) is 1. The van der Waals surface area contributed by atoms with E-state index < -0.39 is 32.5 Å². The minimum atomic E-state index is -3.84. The molecule has 0 aliphatic heterocycles. The van der Waals surface area contributed by atoms with Crippen LogP contribution in [0.15, 0.2) is 32.3 Å². The summed E-state index contributed by atoms with van der Waals surface area (Å²) in [6, 6.07) is 1.37. The molecule has 0 saturated heterocycles. The summed E-state index contributed by atoms with van der Waals surface area (Å²) in [6.45, 7) is 2.13. The molecule has 9 nitrogen and oxygen atoms in total. The third-order valence-corrected chi connectivity index (χ3v) is 10.5. The summed E-state index contributed by atoms with van der Waals surface area (Å²) in [5.74, 6) is 0. The Morgan fingerprint density at radius 1 is 1.21 bits per heavy atom. The summed E-state index contributed by atoms with van der Waals surface area (Å²) in [7, 11) is -2.09. The van der Waals surface area contributed by atoms with Crippen LogP contribution in [0.5, 0.6) is 0 Å². The number of aromatic nitrogens is 4. The molecule has 4 fully saturated rings. The molecule has 0 unspecified atom stereocenters.